The minimum Gasteiger partial charge on any atom is -0.488 e. The van der Waals surface area contributed by atoms with Gasteiger partial charge in [0.25, 0.3) is 5.91 Å². The van der Waals surface area contributed by atoms with Crippen LogP contribution in [0.15, 0.2) is 36.4 Å². The molecule has 4 rings (SSSR count). The van der Waals surface area contributed by atoms with Crippen LogP contribution >= 0.6 is 22.9 Å². The molecule has 2 aromatic heterocycles. The Morgan fingerprint density at radius 2 is 2.03 bits per heavy atom. The number of rotatable bonds is 7. The summed E-state index contributed by atoms with van der Waals surface area (Å²) in [5.74, 6) is -1.38. The zero-order valence-electron chi connectivity index (χ0n) is 17.4. The van der Waals surface area contributed by atoms with E-state index < -0.39 is 23.5 Å². The third-order valence-corrected chi connectivity index (χ3v) is 6.36. The molecule has 3 N–H and O–H groups in total. The Bertz CT molecular complexity index is 1350. The summed E-state index contributed by atoms with van der Waals surface area (Å²) < 4.78 is 63.6. The Morgan fingerprint density at radius 1 is 1.24 bits per heavy atom. The fraction of sp³-hybridized carbons (Fsp3) is 0.190. The molecule has 0 saturated carbocycles. The zero-order valence-corrected chi connectivity index (χ0v) is 19.0. The largest absolute Gasteiger partial charge is 0.488 e. The number of carbonyl (C=O) groups is 1. The van der Waals surface area contributed by atoms with Crippen molar-refractivity contribution in [2.75, 3.05) is 23.8 Å². The molecule has 0 aliphatic rings. The molecule has 13 heteroatoms. The summed E-state index contributed by atoms with van der Waals surface area (Å²) in [6, 6.07) is 7.61. The van der Waals surface area contributed by atoms with E-state index in [1.807, 2.05) is 0 Å². The highest BCUT2D eigenvalue weighted by molar-refractivity contribution is 7.22. The van der Waals surface area contributed by atoms with Crippen LogP contribution in [0.1, 0.15) is 21.6 Å². The highest BCUT2D eigenvalue weighted by Gasteiger charge is 2.34. The summed E-state index contributed by atoms with van der Waals surface area (Å²) in [6.45, 7) is 1.25. The highest BCUT2D eigenvalue weighted by Crippen LogP contribution is 2.39. The average molecular weight is 513 g/mol. The minimum absolute atomic E-state index is 0.0724. The summed E-state index contributed by atoms with van der Waals surface area (Å²) in [5.41, 5.74) is -0.341. The molecule has 0 fully saturated rings. The van der Waals surface area contributed by atoms with Crippen molar-refractivity contribution < 1.29 is 32.2 Å². The zero-order chi connectivity index (χ0) is 24.5. The molecule has 4 aromatic rings. The van der Waals surface area contributed by atoms with Gasteiger partial charge < -0.3 is 20.5 Å². The van der Waals surface area contributed by atoms with Crippen molar-refractivity contribution in [1.82, 2.24) is 9.36 Å². The number of hydrogen-bond donors (Lipinski definition) is 3. The normalized spacial score (nSPS) is 11.6. The minimum atomic E-state index is -4.55. The number of para-hydroxylation sites is 1. The Kier molecular flexibility index (Phi) is 6.68. The van der Waals surface area contributed by atoms with Gasteiger partial charge in [-0.2, -0.15) is 17.5 Å². The molecule has 0 spiro atoms. The summed E-state index contributed by atoms with van der Waals surface area (Å²) >= 11 is 1.96. The van der Waals surface area contributed by atoms with E-state index in [4.69, 9.17) is 9.84 Å². The monoisotopic (exact) mass is 512 g/mol. The SMILES string of the molecule is Cc1nsc(Nc2nc3c(C(F)(F)F)cccc3s2)c1C(=O)Nc1ccc(OCCO)c(F)c1. The fourth-order valence-corrected chi connectivity index (χ4v) is 4.85. The van der Waals surface area contributed by atoms with Gasteiger partial charge in [0.15, 0.2) is 16.7 Å². The first-order chi connectivity index (χ1) is 16.2. The number of aromatic nitrogens is 2. The number of fused-ring (bicyclic) bond motifs is 1. The molecule has 0 aliphatic carbocycles. The number of hydrogen-bond acceptors (Lipinski definition) is 8. The number of benzene rings is 2. The molecular weight excluding hydrogens is 496 g/mol. The number of carbonyl (C=O) groups excluding carboxylic acids is 1. The number of anilines is 3. The number of aryl methyl sites for hydroxylation is 1. The van der Waals surface area contributed by atoms with Crippen molar-refractivity contribution in [3.63, 3.8) is 0 Å². The number of amides is 1. The summed E-state index contributed by atoms with van der Waals surface area (Å²) in [4.78, 5) is 17.0. The van der Waals surface area contributed by atoms with Gasteiger partial charge in [-0.05, 0) is 42.7 Å². The van der Waals surface area contributed by atoms with E-state index in [1.54, 1.807) is 6.92 Å². The lowest BCUT2D eigenvalue weighted by Crippen LogP contribution is -2.14. The Labute approximate surface area is 198 Å². The first kappa shape index (κ1) is 23.9. The second-order valence-corrected chi connectivity index (χ2v) is 8.74. The van der Waals surface area contributed by atoms with Gasteiger partial charge in [-0.15, -0.1) is 0 Å². The molecule has 1 amide bonds. The number of ether oxygens (including phenoxy) is 1. The predicted octanol–water partition coefficient (Wildman–Crippen LogP) is 5.59. The maximum Gasteiger partial charge on any atom is 0.418 e. The van der Waals surface area contributed by atoms with Crippen molar-refractivity contribution >= 4 is 54.8 Å². The first-order valence-corrected chi connectivity index (χ1v) is 11.3. The summed E-state index contributed by atoms with van der Waals surface area (Å²) in [7, 11) is 0. The predicted molar refractivity (Wildman–Crippen MR) is 122 cm³/mol. The number of alkyl halides is 3. The Hall–Kier alpha value is -3.29. The van der Waals surface area contributed by atoms with Crippen LogP contribution in [0.5, 0.6) is 5.75 Å². The summed E-state index contributed by atoms with van der Waals surface area (Å²) in [5, 5.41) is 14.7. The van der Waals surface area contributed by atoms with E-state index in [1.165, 1.54) is 24.3 Å². The van der Waals surface area contributed by atoms with Crippen LogP contribution in [0.3, 0.4) is 0 Å². The molecule has 0 aliphatic heterocycles. The Balaban J connectivity index is 1.57. The smallest absolute Gasteiger partial charge is 0.418 e. The van der Waals surface area contributed by atoms with Gasteiger partial charge in [-0.25, -0.2) is 9.37 Å². The number of nitrogens with one attached hydrogen (secondary N) is 2. The second-order valence-electron chi connectivity index (χ2n) is 6.94. The molecule has 0 saturated heterocycles. The number of nitrogens with zero attached hydrogens (tertiary/aromatic N) is 2. The first-order valence-electron chi connectivity index (χ1n) is 9.72. The van der Waals surface area contributed by atoms with E-state index in [-0.39, 0.29) is 45.9 Å². The van der Waals surface area contributed by atoms with Crippen LogP contribution in [0.4, 0.5) is 33.4 Å². The van der Waals surface area contributed by atoms with Gasteiger partial charge in [0.05, 0.1) is 33.6 Å². The molecule has 0 bridgehead atoms. The van der Waals surface area contributed by atoms with Gasteiger partial charge >= 0.3 is 6.18 Å². The maximum absolute atomic E-state index is 14.2. The molecular formula is C21H16F4N4O3S2. The second kappa shape index (κ2) is 9.52. The van der Waals surface area contributed by atoms with E-state index in [0.29, 0.717) is 10.4 Å². The van der Waals surface area contributed by atoms with E-state index in [2.05, 4.69) is 20.0 Å². The van der Waals surface area contributed by atoms with Gasteiger partial charge in [0.2, 0.25) is 0 Å². The number of aliphatic hydroxyl groups excluding tert-OH is 1. The van der Waals surface area contributed by atoms with E-state index >= 15 is 0 Å². The quantitative estimate of drug-likeness (QED) is 0.280. The van der Waals surface area contributed by atoms with Crippen molar-refractivity contribution in [2.24, 2.45) is 0 Å². The van der Waals surface area contributed by atoms with Crippen LogP contribution in [0, 0.1) is 12.7 Å². The van der Waals surface area contributed by atoms with Crippen molar-refractivity contribution in [1.29, 1.82) is 0 Å². The molecule has 178 valence electrons. The van der Waals surface area contributed by atoms with Crippen LogP contribution < -0.4 is 15.4 Å². The molecule has 0 unspecified atom stereocenters. The number of aliphatic hydroxyl groups is 1. The number of thiazole rings is 1. The van der Waals surface area contributed by atoms with E-state index in [0.717, 1.165) is 35.0 Å². The maximum atomic E-state index is 14.2. The Morgan fingerprint density at radius 3 is 2.74 bits per heavy atom. The van der Waals surface area contributed by atoms with Crippen LogP contribution in [-0.4, -0.2) is 33.6 Å². The van der Waals surface area contributed by atoms with Gasteiger partial charge in [-0.3, -0.25) is 4.79 Å². The fourth-order valence-electron chi connectivity index (χ4n) is 3.10. The van der Waals surface area contributed by atoms with Gasteiger partial charge in [0, 0.05) is 11.8 Å². The standard InChI is InChI=1S/C21H16F4N4O3S2/c1-10-16(18(31)26-11-5-6-14(13(22)9-11)32-8-7-30)19(34-29-10)28-20-27-17-12(21(23,24)25)3-2-4-15(17)33-20/h2-6,9,30H,7-8H2,1H3,(H,26,31)(H,27,28). The third-order valence-electron chi connectivity index (χ3n) is 4.57. The van der Waals surface area contributed by atoms with Gasteiger partial charge in [0.1, 0.15) is 11.6 Å². The van der Waals surface area contributed by atoms with Crippen molar-refractivity contribution in [3.8, 4) is 5.75 Å². The average Bonchev–Trinajstić information content (AvgIpc) is 3.35. The van der Waals surface area contributed by atoms with Gasteiger partial charge in [-0.1, -0.05) is 17.4 Å². The molecule has 2 heterocycles. The highest BCUT2D eigenvalue weighted by atomic mass is 32.1. The van der Waals surface area contributed by atoms with Crippen LogP contribution in [-0.2, 0) is 6.18 Å². The molecule has 7 nitrogen and oxygen atoms in total. The van der Waals surface area contributed by atoms with Crippen molar-refractivity contribution in [3.05, 3.63) is 59.0 Å². The number of halogens is 4. The van der Waals surface area contributed by atoms with Crippen LogP contribution in [0.2, 0.25) is 0 Å². The third kappa shape index (κ3) is 4.95. The van der Waals surface area contributed by atoms with Crippen LogP contribution in [0.25, 0.3) is 10.2 Å². The summed E-state index contributed by atoms with van der Waals surface area (Å²) in [6.07, 6.45) is -4.55. The lowest BCUT2D eigenvalue weighted by atomic mass is 10.2. The van der Waals surface area contributed by atoms with E-state index in [9.17, 15) is 22.4 Å². The lowest BCUT2D eigenvalue weighted by molar-refractivity contribution is -0.136. The molecule has 2 aromatic carbocycles. The van der Waals surface area contributed by atoms with Crippen molar-refractivity contribution in [2.45, 2.75) is 13.1 Å². The molecule has 34 heavy (non-hydrogen) atoms. The molecule has 0 radical (unpaired) electrons. The topological polar surface area (TPSA) is 96.4 Å². The molecule has 0 atom stereocenters. The lowest BCUT2D eigenvalue weighted by Gasteiger charge is -2.10.